The summed E-state index contributed by atoms with van der Waals surface area (Å²) in [6.45, 7) is 5.33. The molecule has 23 heavy (non-hydrogen) atoms. The first-order chi connectivity index (χ1) is 10.9. The van der Waals surface area contributed by atoms with E-state index in [0.717, 1.165) is 18.4 Å². The number of rotatable bonds is 6. The molecule has 0 radical (unpaired) electrons. The van der Waals surface area contributed by atoms with Crippen LogP contribution >= 0.6 is 23.2 Å². The summed E-state index contributed by atoms with van der Waals surface area (Å²) in [5.74, 6) is 1.60. The molecule has 0 heterocycles. The van der Waals surface area contributed by atoms with Crippen molar-refractivity contribution in [3.63, 3.8) is 0 Å². The quantitative estimate of drug-likeness (QED) is 0.638. The van der Waals surface area contributed by atoms with E-state index in [2.05, 4.69) is 13.8 Å². The van der Waals surface area contributed by atoms with Gasteiger partial charge < -0.3 is 4.74 Å². The van der Waals surface area contributed by atoms with Crippen molar-refractivity contribution in [2.24, 2.45) is 29.6 Å². The number of carbonyl (C=O) groups excluding carboxylic acids is 2. The average Bonchev–Trinajstić information content (AvgIpc) is 2.52. The molecule has 0 saturated heterocycles. The van der Waals surface area contributed by atoms with Gasteiger partial charge in [-0.3, -0.25) is 9.59 Å². The number of ether oxygens (including phenoxy) is 1. The second-order valence-electron chi connectivity index (χ2n) is 7.69. The minimum absolute atomic E-state index is 0.0769. The van der Waals surface area contributed by atoms with E-state index in [9.17, 15) is 9.59 Å². The normalized spacial score (nSPS) is 35.3. The van der Waals surface area contributed by atoms with E-state index in [1.807, 2.05) is 0 Å². The summed E-state index contributed by atoms with van der Waals surface area (Å²) in [6, 6.07) is 0. The van der Waals surface area contributed by atoms with Crippen molar-refractivity contribution in [2.45, 2.75) is 64.9 Å². The number of halogens is 2. The van der Waals surface area contributed by atoms with Gasteiger partial charge in [-0.05, 0) is 85.9 Å². The lowest BCUT2D eigenvalue weighted by Gasteiger charge is -2.34. The van der Waals surface area contributed by atoms with Crippen LogP contribution in [-0.2, 0) is 14.3 Å². The van der Waals surface area contributed by atoms with Crippen molar-refractivity contribution in [1.82, 2.24) is 0 Å². The van der Waals surface area contributed by atoms with Gasteiger partial charge in [0.05, 0.1) is 6.10 Å². The Bertz CT molecular complexity index is 394. The molecule has 2 fully saturated rings. The maximum atomic E-state index is 11.5. The maximum absolute atomic E-state index is 11.5. The van der Waals surface area contributed by atoms with Crippen LogP contribution in [0.25, 0.3) is 0 Å². The highest BCUT2D eigenvalue weighted by Gasteiger charge is 2.36. The Labute approximate surface area is 149 Å². The molecule has 0 amide bonds. The van der Waals surface area contributed by atoms with Gasteiger partial charge in [0, 0.05) is 18.4 Å². The lowest BCUT2D eigenvalue weighted by molar-refractivity contribution is -0.124. The smallest absolute Gasteiger partial charge is 0.224 e. The zero-order chi connectivity index (χ0) is 17.0. The fourth-order valence-corrected chi connectivity index (χ4v) is 4.42. The number of carbonyl (C=O) groups is 2. The third-order valence-electron chi connectivity index (χ3n) is 5.71. The Morgan fingerprint density at radius 1 is 0.957 bits per heavy atom. The molecule has 132 valence electrons. The summed E-state index contributed by atoms with van der Waals surface area (Å²) < 4.78 is 6.06. The third-order valence-corrected chi connectivity index (χ3v) is 6.32. The van der Waals surface area contributed by atoms with Gasteiger partial charge in [0.1, 0.15) is 0 Å². The van der Waals surface area contributed by atoms with Gasteiger partial charge in [-0.2, -0.15) is 0 Å². The van der Waals surface area contributed by atoms with E-state index in [1.54, 1.807) is 0 Å². The molecule has 2 rings (SSSR count). The lowest BCUT2D eigenvalue weighted by atomic mass is 9.77. The number of hydrogen-bond donors (Lipinski definition) is 0. The zero-order valence-corrected chi connectivity index (χ0v) is 15.6. The van der Waals surface area contributed by atoms with Crippen LogP contribution in [0.1, 0.15) is 58.8 Å². The van der Waals surface area contributed by atoms with Gasteiger partial charge in [0.2, 0.25) is 10.5 Å². The summed E-state index contributed by atoms with van der Waals surface area (Å²) in [5, 5.41) is -0.752. The van der Waals surface area contributed by atoms with Crippen LogP contribution in [0, 0.1) is 29.6 Å². The fourth-order valence-electron chi connectivity index (χ4n) is 4.07. The molecule has 0 aromatic rings. The van der Waals surface area contributed by atoms with E-state index in [-0.39, 0.29) is 28.4 Å². The second kappa shape index (κ2) is 8.82. The average molecular weight is 363 g/mol. The Morgan fingerprint density at radius 3 is 1.91 bits per heavy atom. The van der Waals surface area contributed by atoms with Crippen molar-refractivity contribution in [3.8, 4) is 0 Å². The zero-order valence-electron chi connectivity index (χ0n) is 14.1. The molecule has 5 heteroatoms. The molecule has 2 saturated carbocycles. The van der Waals surface area contributed by atoms with Crippen molar-refractivity contribution in [3.05, 3.63) is 0 Å². The lowest BCUT2D eigenvalue weighted by Crippen LogP contribution is -2.34. The molecule has 0 aliphatic heterocycles. The van der Waals surface area contributed by atoms with E-state index in [1.165, 1.54) is 25.7 Å². The molecule has 0 aromatic carbocycles. The van der Waals surface area contributed by atoms with Gasteiger partial charge >= 0.3 is 0 Å². The summed E-state index contributed by atoms with van der Waals surface area (Å²) in [5.41, 5.74) is 0. The highest BCUT2D eigenvalue weighted by atomic mass is 35.5. The van der Waals surface area contributed by atoms with Crippen LogP contribution in [0.2, 0.25) is 0 Å². The topological polar surface area (TPSA) is 43.4 Å². The van der Waals surface area contributed by atoms with Crippen molar-refractivity contribution < 1.29 is 14.3 Å². The Morgan fingerprint density at radius 2 is 1.48 bits per heavy atom. The van der Waals surface area contributed by atoms with Gasteiger partial charge in [0.15, 0.2) is 0 Å². The first-order valence-corrected chi connectivity index (χ1v) is 9.62. The van der Waals surface area contributed by atoms with E-state index in [0.29, 0.717) is 25.2 Å². The van der Waals surface area contributed by atoms with Gasteiger partial charge in [0.25, 0.3) is 0 Å². The van der Waals surface area contributed by atoms with Crippen LogP contribution < -0.4 is 0 Å². The highest BCUT2D eigenvalue weighted by Crippen LogP contribution is 2.36. The Hall–Kier alpha value is -0.120. The van der Waals surface area contributed by atoms with Crippen LogP contribution in [0.4, 0.5) is 0 Å². The van der Waals surface area contributed by atoms with Crippen LogP contribution in [0.15, 0.2) is 0 Å². The standard InChI is InChI=1S/C18H28Cl2O3/c1-11(2)13-5-3-12(4-6-13)10-23-16-8-14(17(19)21)7-15(9-16)18(20)22/h11-16H,3-10H2,1-2H3. The number of hydrogen-bond acceptors (Lipinski definition) is 3. The summed E-state index contributed by atoms with van der Waals surface area (Å²) >= 11 is 11.3. The van der Waals surface area contributed by atoms with E-state index >= 15 is 0 Å². The fraction of sp³-hybridized carbons (Fsp3) is 0.889. The minimum atomic E-state index is -0.376. The first-order valence-electron chi connectivity index (χ1n) is 8.87. The molecule has 0 aromatic heterocycles. The molecule has 0 N–H and O–H groups in total. The Kier molecular flexibility index (Phi) is 7.37. The predicted molar refractivity (Wildman–Crippen MR) is 92.6 cm³/mol. The third kappa shape index (κ3) is 5.72. The van der Waals surface area contributed by atoms with Crippen LogP contribution in [-0.4, -0.2) is 23.2 Å². The first kappa shape index (κ1) is 19.2. The molecular formula is C18H28Cl2O3. The molecule has 3 nitrogen and oxygen atoms in total. The van der Waals surface area contributed by atoms with Crippen LogP contribution in [0.5, 0.6) is 0 Å². The van der Waals surface area contributed by atoms with Crippen molar-refractivity contribution in [2.75, 3.05) is 6.61 Å². The summed E-state index contributed by atoms with van der Waals surface area (Å²) in [7, 11) is 0. The van der Waals surface area contributed by atoms with Gasteiger partial charge in [-0.15, -0.1) is 0 Å². The van der Waals surface area contributed by atoms with Crippen molar-refractivity contribution in [1.29, 1.82) is 0 Å². The molecule has 0 bridgehead atoms. The van der Waals surface area contributed by atoms with Crippen molar-refractivity contribution >= 4 is 33.7 Å². The molecule has 2 aliphatic carbocycles. The minimum Gasteiger partial charge on any atom is -0.378 e. The molecule has 0 spiro atoms. The molecule has 2 aliphatic rings. The van der Waals surface area contributed by atoms with E-state index < -0.39 is 0 Å². The van der Waals surface area contributed by atoms with E-state index in [4.69, 9.17) is 27.9 Å². The Balaban J connectivity index is 1.80. The monoisotopic (exact) mass is 362 g/mol. The van der Waals surface area contributed by atoms with Crippen LogP contribution in [0.3, 0.4) is 0 Å². The highest BCUT2D eigenvalue weighted by molar-refractivity contribution is 6.64. The largest absolute Gasteiger partial charge is 0.378 e. The predicted octanol–water partition coefficient (Wildman–Crippen LogP) is 4.78. The van der Waals surface area contributed by atoms with Gasteiger partial charge in [-0.1, -0.05) is 13.8 Å². The van der Waals surface area contributed by atoms with Gasteiger partial charge in [-0.25, -0.2) is 0 Å². The summed E-state index contributed by atoms with van der Waals surface area (Å²) in [4.78, 5) is 22.9. The second-order valence-corrected chi connectivity index (χ2v) is 8.43. The summed E-state index contributed by atoms with van der Waals surface area (Å²) in [6.07, 6.45) is 6.60. The maximum Gasteiger partial charge on any atom is 0.224 e. The SMILES string of the molecule is CC(C)C1CCC(COC2CC(C(=O)Cl)CC(C(=O)Cl)C2)CC1. The molecule has 2 atom stereocenters. The molecule has 2 unspecified atom stereocenters. The molecular weight excluding hydrogens is 335 g/mol.